The average Bonchev–Trinajstić information content (AvgIpc) is 2.94. The van der Waals surface area contributed by atoms with E-state index < -0.39 is 0 Å². The van der Waals surface area contributed by atoms with Crippen molar-refractivity contribution in [3.05, 3.63) is 29.1 Å². The molecule has 0 saturated heterocycles. The van der Waals surface area contributed by atoms with Gasteiger partial charge in [0.15, 0.2) is 0 Å². The lowest BCUT2D eigenvalue weighted by Crippen LogP contribution is -2.40. The van der Waals surface area contributed by atoms with Crippen molar-refractivity contribution >= 4 is 5.69 Å². The number of likely N-dealkylation sites (N-methyl/N-ethyl adjacent to an activating group) is 1. The molecular formula is C16H21FN2. The van der Waals surface area contributed by atoms with Crippen molar-refractivity contribution in [3.63, 3.8) is 0 Å². The van der Waals surface area contributed by atoms with Crippen LogP contribution in [0.15, 0.2) is 12.1 Å². The van der Waals surface area contributed by atoms with E-state index in [1.165, 1.54) is 30.5 Å². The van der Waals surface area contributed by atoms with Gasteiger partial charge in [-0.3, -0.25) is 0 Å². The number of benzene rings is 1. The van der Waals surface area contributed by atoms with E-state index in [-0.39, 0.29) is 5.82 Å². The summed E-state index contributed by atoms with van der Waals surface area (Å²) in [5.41, 5.74) is 3.67. The predicted molar refractivity (Wildman–Crippen MR) is 75.3 cm³/mol. The highest BCUT2D eigenvalue weighted by Gasteiger charge is 2.44. The smallest absolute Gasteiger partial charge is 0.128 e. The molecule has 0 aromatic heterocycles. The van der Waals surface area contributed by atoms with Crippen molar-refractivity contribution in [1.82, 2.24) is 4.90 Å². The first-order chi connectivity index (χ1) is 9.25. The second kappa shape index (κ2) is 4.20. The lowest BCUT2D eigenvalue weighted by molar-refractivity contribution is 0.335. The van der Waals surface area contributed by atoms with Crippen LogP contribution in [0.25, 0.3) is 0 Å². The van der Waals surface area contributed by atoms with E-state index in [4.69, 9.17) is 0 Å². The molecule has 0 N–H and O–H groups in total. The molecule has 19 heavy (non-hydrogen) atoms. The Morgan fingerprint density at radius 3 is 2.95 bits per heavy atom. The summed E-state index contributed by atoms with van der Waals surface area (Å²) in [7, 11) is 2.19. The van der Waals surface area contributed by atoms with E-state index in [1.807, 2.05) is 6.07 Å². The zero-order valence-electron chi connectivity index (χ0n) is 11.5. The van der Waals surface area contributed by atoms with Gasteiger partial charge in [0.25, 0.3) is 0 Å². The normalized spacial score (nSPS) is 29.9. The number of nitrogens with zero attached hydrogens (tertiary/aromatic N) is 2. The van der Waals surface area contributed by atoms with E-state index in [0.29, 0.717) is 12.0 Å². The van der Waals surface area contributed by atoms with Gasteiger partial charge in [-0.1, -0.05) is 12.5 Å². The van der Waals surface area contributed by atoms with Gasteiger partial charge in [0.1, 0.15) is 5.82 Å². The number of hydrogen-bond acceptors (Lipinski definition) is 2. The summed E-state index contributed by atoms with van der Waals surface area (Å²) in [6.45, 7) is 3.24. The topological polar surface area (TPSA) is 6.48 Å². The number of rotatable bonds is 0. The van der Waals surface area contributed by atoms with Crippen molar-refractivity contribution in [2.75, 3.05) is 31.6 Å². The Hall–Kier alpha value is -1.09. The summed E-state index contributed by atoms with van der Waals surface area (Å²) in [5, 5.41) is 0. The van der Waals surface area contributed by atoms with Crippen molar-refractivity contribution in [3.8, 4) is 0 Å². The van der Waals surface area contributed by atoms with Gasteiger partial charge in [-0.05, 0) is 37.9 Å². The minimum atomic E-state index is 0.0343. The number of fused-ring (bicyclic) bond motifs is 3. The first kappa shape index (κ1) is 11.7. The third-order valence-corrected chi connectivity index (χ3v) is 5.27. The van der Waals surface area contributed by atoms with Gasteiger partial charge in [-0.25, -0.2) is 4.39 Å². The lowest BCUT2D eigenvalue weighted by Gasteiger charge is -2.33. The molecule has 0 bridgehead atoms. The molecule has 0 amide bonds. The molecule has 2 aliphatic heterocycles. The molecule has 0 radical (unpaired) electrons. The maximum absolute atomic E-state index is 14.3. The van der Waals surface area contributed by atoms with Crippen LogP contribution in [0.1, 0.15) is 36.3 Å². The first-order valence-electron chi connectivity index (χ1n) is 7.52. The summed E-state index contributed by atoms with van der Waals surface area (Å²) in [4.78, 5) is 4.93. The Bertz CT molecular complexity index is 514. The van der Waals surface area contributed by atoms with Crippen LogP contribution in [-0.4, -0.2) is 37.6 Å². The van der Waals surface area contributed by atoms with E-state index in [0.717, 1.165) is 31.6 Å². The molecule has 4 rings (SSSR count). The fourth-order valence-electron chi connectivity index (χ4n) is 4.32. The van der Waals surface area contributed by atoms with Gasteiger partial charge < -0.3 is 9.80 Å². The lowest BCUT2D eigenvalue weighted by atomic mass is 9.94. The van der Waals surface area contributed by atoms with Crippen LogP contribution in [-0.2, 0) is 6.42 Å². The van der Waals surface area contributed by atoms with Crippen molar-refractivity contribution in [2.45, 2.75) is 37.6 Å². The second-order valence-corrected chi connectivity index (χ2v) is 6.32. The molecule has 1 aliphatic carbocycles. The maximum atomic E-state index is 14.3. The minimum absolute atomic E-state index is 0.0343. The molecule has 102 valence electrons. The number of anilines is 1. The zero-order valence-corrected chi connectivity index (χ0v) is 11.5. The monoisotopic (exact) mass is 260 g/mol. The Morgan fingerprint density at radius 1 is 1.16 bits per heavy atom. The van der Waals surface area contributed by atoms with Crippen LogP contribution in [0.4, 0.5) is 10.1 Å². The summed E-state index contributed by atoms with van der Waals surface area (Å²) in [5.74, 6) is 0.491. The third-order valence-electron chi connectivity index (χ3n) is 5.27. The quantitative estimate of drug-likeness (QED) is 0.708. The summed E-state index contributed by atoms with van der Waals surface area (Å²) < 4.78 is 14.3. The SMILES string of the molecule is CN1CCc2ccc(F)c3c2N(CC1)C1CCCC31. The summed E-state index contributed by atoms with van der Waals surface area (Å²) in [6.07, 6.45) is 4.71. The van der Waals surface area contributed by atoms with Gasteiger partial charge in [-0.2, -0.15) is 0 Å². The van der Waals surface area contributed by atoms with Crippen LogP contribution < -0.4 is 4.90 Å². The molecule has 3 heteroatoms. The van der Waals surface area contributed by atoms with E-state index >= 15 is 0 Å². The molecule has 1 aromatic carbocycles. The fourth-order valence-corrected chi connectivity index (χ4v) is 4.32. The maximum Gasteiger partial charge on any atom is 0.128 e. The molecule has 2 heterocycles. The molecule has 3 aliphatic rings. The zero-order chi connectivity index (χ0) is 13.0. The Balaban J connectivity index is 1.87. The Kier molecular flexibility index (Phi) is 2.59. The molecule has 2 unspecified atom stereocenters. The predicted octanol–water partition coefficient (Wildman–Crippen LogP) is 2.77. The third kappa shape index (κ3) is 1.64. The highest BCUT2D eigenvalue weighted by Crippen LogP contribution is 2.51. The van der Waals surface area contributed by atoms with Crippen LogP contribution in [0.5, 0.6) is 0 Å². The molecular weight excluding hydrogens is 239 g/mol. The number of hydrogen-bond donors (Lipinski definition) is 0. The largest absolute Gasteiger partial charge is 0.366 e. The standard InChI is InChI=1S/C16H21FN2/c1-18-8-7-11-5-6-13(17)15-12-3-2-4-14(12)19(10-9-18)16(11)15/h5-6,12,14H,2-4,7-10H2,1H3. The molecule has 2 atom stereocenters. The van der Waals surface area contributed by atoms with Crippen molar-refractivity contribution in [1.29, 1.82) is 0 Å². The fraction of sp³-hybridized carbons (Fsp3) is 0.625. The van der Waals surface area contributed by atoms with Gasteiger partial charge in [-0.15, -0.1) is 0 Å². The van der Waals surface area contributed by atoms with Gasteiger partial charge in [0, 0.05) is 42.8 Å². The molecule has 1 aromatic rings. The van der Waals surface area contributed by atoms with E-state index in [9.17, 15) is 4.39 Å². The van der Waals surface area contributed by atoms with Gasteiger partial charge in [0.05, 0.1) is 0 Å². The Morgan fingerprint density at radius 2 is 2.05 bits per heavy atom. The highest BCUT2D eigenvalue weighted by atomic mass is 19.1. The van der Waals surface area contributed by atoms with Gasteiger partial charge in [0.2, 0.25) is 0 Å². The second-order valence-electron chi connectivity index (χ2n) is 6.32. The molecule has 1 saturated carbocycles. The van der Waals surface area contributed by atoms with Crippen molar-refractivity contribution < 1.29 is 4.39 Å². The number of halogens is 1. The molecule has 1 fully saturated rings. The van der Waals surface area contributed by atoms with Crippen LogP contribution in [0.2, 0.25) is 0 Å². The summed E-state index contributed by atoms with van der Waals surface area (Å²) in [6, 6.07) is 4.29. The summed E-state index contributed by atoms with van der Waals surface area (Å²) >= 11 is 0. The van der Waals surface area contributed by atoms with Crippen LogP contribution >= 0.6 is 0 Å². The Labute approximate surface area is 114 Å². The first-order valence-corrected chi connectivity index (χ1v) is 7.52. The van der Waals surface area contributed by atoms with Crippen LogP contribution in [0.3, 0.4) is 0 Å². The average molecular weight is 260 g/mol. The minimum Gasteiger partial charge on any atom is -0.366 e. The van der Waals surface area contributed by atoms with E-state index in [1.54, 1.807) is 6.07 Å². The van der Waals surface area contributed by atoms with Crippen LogP contribution in [0, 0.1) is 5.82 Å². The van der Waals surface area contributed by atoms with E-state index in [2.05, 4.69) is 16.8 Å². The molecule has 2 nitrogen and oxygen atoms in total. The molecule has 0 spiro atoms. The van der Waals surface area contributed by atoms with Gasteiger partial charge >= 0.3 is 0 Å². The highest BCUT2D eigenvalue weighted by molar-refractivity contribution is 5.68. The van der Waals surface area contributed by atoms with Crippen molar-refractivity contribution in [2.24, 2.45) is 0 Å².